The maximum atomic E-state index is 12.3. The molecule has 0 radical (unpaired) electrons. The number of fused-ring (bicyclic) bond motifs is 1. The highest BCUT2D eigenvalue weighted by Gasteiger charge is 2.18. The quantitative estimate of drug-likeness (QED) is 0.740. The number of benzene rings is 2. The lowest BCUT2D eigenvalue weighted by atomic mass is 10.1. The Morgan fingerprint density at radius 3 is 2.57 bits per heavy atom. The second-order valence-electron chi connectivity index (χ2n) is 4.91. The van der Waals surface area contributed by atoms with Gasteiger partial charge in [-0.25, -0.2) is 8.42 Å². The van der Waals surface area contributed by atoms with Crippen molar-refractivity contribution in [2.24, 2.45) is 0 Å². The van der Waals surface area contributed by atoms with E-state index in [1.165, 1.54) is 0 Å². The van der Waals surface area contributed by atoms with Gasteiger partial charge in [0.15, 0.2) is 15.7 Å². The summed E-state index contributed by atoms with van der Waals surface area (Å²) in [6, 6.07) is 13.4. The molecule has 0 atom stereocenters. The molecule has 0 amide bonds. The lowest BCUT2D eigenvalue weighted by Gasteiger charge is -2.06. The van der Waals surface area contributed by atoms with Gasteiger partial charge in [-0.1, -0.05) is 47.6 Å². The molecule has 0 N–H and O–H groups in total. The molecule has 0 unspecified atom stereocenters. The predicted molar refractivity (Wildman–Crippen MR) is 79.3 cm³/mol. The van der Waals surface area contributed by atoms with Gasteiger partial charge in [-0.3, -0.25) is 0 Å². The summed E-state index contributed by atoms with van der Waals surface area (Å²) in [6.45, 7) is 1.66. The van der Waals surface area contributed by atoms with E-state index in [9.17, 15) is 8.42 Å². The Labute approximate surface area is 122 Å². The van der Waals surface area contributed by atoms with E-state index in [1.54, 1.807) is 6.92 Å². The Kier molecular flexibility index (Phi) is 3.47. The zero-order valence-corrected chi connectivity index (χ0v) is 12.3. The van der Waals surface area contributed by atoms with E-state index in [-0.39, 0.29) is 17.4 Å². The summed E-state index contributed by atoms with van der Waals surface area (Å²) in [6.07, 6.45) is 0. The summed E-state index contributed by atoms with van der Waals surface area (Å²) in [4.78, 5) is 3.94. The highest BCUT2D eigenvalue weighted by Crippen LogP contribution is 2.21. The minimum atomic E-state index is -3.36. The molecule has 6 heteroatoms. The topological polar surface area (TPSA) is 73.1 Å². The van der Waals surface area contributed by atoms with E-state index in [4.69, 9.17) is 4.52 Å². The van der Waals surface area contributed by atoms with Crippen LogP contribution in [-0.2, 0) is 21.3 Å². The number of hydrogen-bond acceptors (Lipinski definition) is 5. The molecule has 0 aliphatic carbocycles. The van der Waals surface area contributed by atoms with Crippen molar-refractivity contribution >= 4 is 20.6 Å². The first-order valence-corrected chi connectivity index (χ1v) is 8.32. The van der Waals surface area contributed by atoms with Crippen LogP contribution in [0.15, 0.2) is 47.0 Å². The first kappa shape index (κ1) is 13.8. The second kappa shape index (κ2) is 5.29. The van der Waals surface area contributed by atoms with Gasteiger partial charge in [0, 0.05) is 0 Å². The van der Waals surface area contributed by atoms with Crippen LogP contribution in [0.5, 0.6) is 0 Å². The number of aryl methyl sites for hydroxylation is 1. The monoisotopic (exact) mass is 302 g/mol. The van der Waals surface area contributed by atoms with Gasteiger partial charge >= 0.3 is 0 Å². The Morgan fingerprint density at radius 1 is 1.05 bits per heavy atom. The number of sulfone groups is 1. The molecule has 1 heterocycles. The molecule has 2 aromatic carbocycles. The normalized spacial score (nSPS) is 11.9. The molecular formula is C15H14N2O3S. The summed E-state index contributed by atoms with van der Waals surface area (Å²) < 4.78 is 29.5. The van der Waals surface area contributed by atoms with Gasteiger partial charge in [0.05, 0.1) is 5.75 Å². The van der Waals surface area contributed by atoms with Gasteiger partial charge in [0.2, 0.25) is 5.89 Å². The maximum absolute atomic E-state index is 12.3. The van der Waals surface area contributed by atoms with Gasteiger partial charge in [-0.05, 0) is 23.3 Å². The van der Waals surface area contributed by atoms with Crippen molar-refractivity contribution < 1.29 is 12.9 Å². The summed E-state index contributed by atoms with van der Waals surface area (Å²) in [7, 11) is -3.36. The van der Waals surface area contributed by atoms with Crippen molar-refractivity contribution in [2.45, 2.75) is 18.4 Å². The van der Waals surface area contributed by atoms with Crippen molar-refractivity contribution in [3.05, 3.63) is 59.7 Å². The van der Waals surface area contributed by atoms with E-state index >= 15 is 0 Å². The average Bonchev–Trinajstić information content (AvgIpc) is 2.83. The molecule has 0 bridgehead atoms. The summed E-state index contributed by atoms with van der Waals surface area (Å²) in [5, 5.41) is 5.58. The Balaban J connectivity index is 1.90. The van der Waals surface area contributed by atoms with E-state index < -0.39 is 9.84 Å². The van der Waals surface area contributed by atoms with E-state index in [2.05, 4.69) is 10.1 Å². The fraction of sp³-hybridized carbons (Fsp3) is 0.200. The minimum absolute atomic E-state index is 0.0459. The molecule has 0 saturated heterocycles. The van der Waals surface area contributed by atoms with Crippen molar-refractivity contribution in [3.8, 4) is 0 Å². The Hall–Kier alpha value is -2.21. The highest BCUT2D eigenvalue weighted by molar-refractivity contribution is 7.89. The molecule has 0 aliphatic heterocycles. The third kappa shape index (κ3) is 3.11. The zero-order valence-electron chi connectivity index (χ0n) is 11.5. The van der Waals surface area contributed by atoms with E-state index in [1.807, 2.05) is 42.5 Å². The molecule has 1 aromatic heterocycles. The van der Waals surface area contributed by atoms with Crippen molar-refractivity contribution in [2.75, 3.05) is 0 Å². The van der Waals surface area contributed by atoms with Crippen molar-refractivity contribution in [1.82, 2.24) is 10.1 Å². The third-order valence-corrected chi connectivity index (χ3v) is 4.61. The maximum Gasteiger partial charge on any atom is 0.241 e. The molecule has 0 aliphatic rings. The number of rotatable bonds is 4. The molecule has 3 aromatic rings. The lowest BCUT2D eigenvalue weighted by molar-refractivity contribution is 0.384. The summed E-state index contributed by atoms with van der Waals surface area (Å²) in [5.41, 5.74) is 0.782. The molecular weight excluding hydrogens is 288 g/mol. The number of nitrogens with zero attached hydrogens (tertiary/aromatic N) is 2. The smallest absolute Gasteiger partial charge is 0.241 e. The second-order valence-corrected chi connectivity index (χ2v) is 6.97. The van der Waals surface area contributed by atoms with Crippen LogP contribution in [0, 0.1) is 6.92 Å². The van der Waals surface area contributed by atoms with Crippen LogP contribution in [0.25, 0.3) is 10.8 Å². The molecule has 0 fully saturated rings. The molecule has 5 nitrogen and oxygen atoms in total. The van der Waals surface area contributed by atoms with Crippen LogP contribution in [-0.4, -0.2) is 18.6 Å². The molecule has 0 spiro atoms. The summed E-state index contributed by atoms with van der Waals surface area (Å²) >= 11 is 0. The van der Waals surface area contributed by atoms with Crippen molar-refractivity contribution in [1.29, 1.82) is 0 Å². The SMILES string of the molecule is Cc1noc(CS(=O)(=O)Cc2cccc3ccccc23)n1. The number of hydrogen-bond donors (Lipinski definition) is 0. The molecule has 3 rings (SSSR count). The fourth-order valence-corrected chi connectivity index (χ4v) is 3.61. The Bertz CT molecular complexity index is 879. The lowest BCUT2D eigenvalue weighted by Crippen LogP contribution is -2.08. The van der Waals surface area contributed by atoms with Gasteiger partial charge in [0.1, 0.15) is 5.75 Å². The highest BCUT2D eigenvalue weighted by atomic mass is 32.2. The minimum Gasteiger partial charge on any atom is -0.338 e. The summed E-state index contributed by atoms with van der Waals surface area (Å²) in [5.74, 6) is 0.283. The zero-order chi connectivity index (χ0) is 14.9. The van der Waals surface area contributed by atoms with E-state index in [0.717, 1.165) is 16.3 Å². The van der Waals surface area contributed by atoms with Gasteiger partial charge in [-0.2, -0.15) is 4.98 Å². The first-order chi connectivity index (χ1) is 10.0. The molecule has 0 saturated carbocycles. The van der Waals surface area contributed by atoms with Crippen LogP contribution in [0.4, 0.5) is 0 Å². The van der Waals surface area contributed by atoms with Crippen molar-refractivity contribution in [3.63, 3.8) is 0 Å². The van der Waals surface area contributed by atoms with Gasteiger partial charge in [0.25, 0.3) is 0 Å². The predicted octanol–water partition coefficient (Wildman–Crippen LogP) is 2.65. The number of aromatic nitrogens is 2. The van der Waals surface area contributed by atoms with E-state index in [0.29, 0.717) is 5.82 Å². The van der Waals surface area contributed by atoms with Crippen LogP contribution >= 0.6 is 0 Å². The third-order valence-electron chi connectivity index (χ3n) is 3.17. The largest absolute Gasteiger partial charge is 0.338 e. The molecule has 21 heavy (non-hydrogen) atoms. The molecule has 108 valence electrons. The first-order valence-electron chi connectivity index (χ1n) is 6.50. The average molecular weight is 302 g/mol. The van der Waals surface area contributed by atoms with Gasteiger partial charge in [-0.15, -0.1) is 0 Å². The van der Waals surface area contributed by atoms with Gasteiger partial charge < -0.3 is 4.52 Å². The van der Waals surface area contributed by atoms with Crippen LogP contribution in [0.3, 0.4) is 0 Å². The standard InChI is InChI=1S/C15H14N2O3S/c1-11-16-15(20-17-11)10-21(18,19)9-13-7-4-6-12-5-2-3-8-14(12)13/h2-8H,9-10H2,1H3. The Morgan fingerprint density at radius 2 is 1.81 bits per heavy atom. The van der Waals surface area contributed by atoms with Crippen LogP contribution in [0.2, 0.25) is 0 Å². The van der Waals surface area contributed by atoms with Crippen LogP contribution < -0.4 is 0 Å². The van der Waals surface area contributed by atoms with Crippen LogP contribution in [0.1, 0.15) is 17.3 Å². The fourth-order valence-electron chi connectivity index (χ4n) is 2.29.